The van der Waals surface area contributed by atoms with Crippen LogP contribution in [0.2, 0.25) is 0 Å². The SMILES string of the molecule is O=C(NCCc1cn2ccsc2n1)c1ccc(F)c(F)c1. The van der Waals surface area contributed by atoms with Crippen LogP contribution in [-0.4, -0.2) is 21.8 Å². The number of hydrogen-bond acceptors (Lipinski definition) is 3. The maximum absolute atomic E-state index is 13.0. The van der Waals surface area contributed by atoms with Gasteiger partial charge in [-0.15, -0.1) is 11.3 Å². The lowest BCUT2D eigenvalue weighted by Crippen LogP contribution is -2.25. The van der Waals surface area contributed by atoms with Gasteiger partial charge in [0.05, 0.1) is 5.69 Å². The summed E-state index contributed by atoms with van der Waals surface area (Å²) in [6.07, 6.45) is 4.38. The molecule has 0 aliphatic carbocycles. The highest BCUT2D eigenvalue weighted by molar-refractivity contribution is 7.15. The highest BCUT2D eigenvalue weighted by Gasteiger charge is 2.09. The van der Waals surface area contributed by atoms with Crippen LogP contribution in [0, 0.1) is 11.6 Å². The molecular formula is C14H11F2N3OS. The first-order valence-corrected chi connectivity index (χ1v) is 7.16. The van der Waals surface area contributed by atoms with E-state index in [1.807, 2.05) is 22.2 Å². The molecule has 4 nitrogen and oxygen atoms in total. The molecule has 2 aromatic heterocycles. The molecular weight excluding hydrogens is 296 g/mol. The Morgan fingerprint density at radius 1 is 1.33 bits per heavy atom. The molecule has 0 fully saturated rings. The van der Waals surface area contributed by atoms with Crippen molar-refractivity contribution >= 4 is 22.2 Å². The molecule has 0 unspecified atom stereocenters. The van der Waals surface area contributed by atoms with Gasteiger partial charge in [-0.3, -0.25) is 9.20 Å². The number of carbonyl (C=O) groups is 1. The van der Waals surface area contributed by atoms with Gasteiger partial charge in [0.15, 0.2) is 16.6 Å². The molecule has 1 amide bonds. The average Bonchev–Trinajstić information content (AvgIpc) is 3.02. The number of amides is 1. The first-order chi connectivity index (χ1) is 10.1. The van der Waals surface area contributed by atoms with Crippen molar-refractivity contribution in [3.8, 4) is 0 Å². The van der Waals surface area contributed by atoms with Gasteiger partial charge in [0.2, 0.25) is 0 Å². The molecule has 0 aliphatic rings. The molecule has 2 heterocycles. The third-order valence-electron chi connectivity index (χ3n) is 2.99. The van der Waals surface area contributed by atoms with E-state index < -0.39 is 17.5 Å². The number of imidazole rings is 1. The monoisotopic (exact) mass is 307 g/mol. The van der Waals surface area contributed by atoms with Gasteiger partial charge < -0.3 is 5.32 Å². The number of rotatable bonds is 4. The highest BCUT2D eigenvalue weighted by Crippen LogP contribution is 2.12. The standard InChI is InChI=1S/C14H11F2N3OS/c15-11-2-1-9(7-12(11)16)13(20)17-4-3-10-8-19-5-6-21-14(19)18-10/h1-2,5-8H,3-4H2,(H,17,20). The summed E-state index contributed by atoms with van der Waals surface area (Å²) in [6.45, 7) is 0.378. The normalized spacial score (nSPS) is 11.0. The van der Waals surface area contributed by atoms with Crippen molar-refractivity contribution in [1.82, 2.24) is 14.7 Å². The van der Waals surface area contributed by atoms with Crippen LogP contribution in [0.5, 0.6) is 0 Å². The molecule has 21 heavy (non-hydrogen) atoms. The lowest BCUT2D eigenvalue weighted by Gasteiger charge is -2.04. The van der Waals surface area contributed by atoms with Crippen molar-refractivity contribution < 1.29 is 13.6 Å². The van der Waals surface area contributed by atoms with E-state index in [0.717, 1.165) is 22.8 Å². The second kappa shape index (κ2) is 5.61. The first kappa shape index (κ1) is 13.7. The van der Waals surface area contributed by atoms with E-state index in [4.69, 9.17) is 0 Å². The summed E-state index contributed by atoms with van der Waals surface area (Å²) in [5.41, 5.74) is 0.965. The van der Waals surface area contributed by atoms with Crippen LogP contribution in [0.4, 0.5) is 8.78 Å². The fourth-order valence-electron chi connectivity index (χ4n) is 1.94. The molecule has 1 N–H and O–H groups in total. The Kier molecular flexibility index (Phi) is 3.66. The second-order valence-electron chi connectivity index (χ2n) is 4.46. The van der Waals surface area contributed by atoms with E-state index in [2.05, 4.69) is 10.3 Å². The third-order valence-corrected chi connectivity index (χ3v) is 3.76. The summed E-state index contributed by atoms with van der Waals surface area (Å²) in [6, 6.07) is 3.07. The Balaban J connectivity index is 1.58. The number of hydrogen-bond donors (Lipinski definition) is 1. The summed E-state index contributed by atoms with van der Waals surface area (Å²) in [5.74, 6) is -2.43. The molecule has 108 valence electrons. The van der Waals surface area contributed by atoms with Gasteiger partial charge in [0.1, 0.15) is 0 Å². The first-order valence-electron chi connectivity index (χ1n) is 6.28. The zero-order chi connectivity index (χ0) is 14.8. The van der Waals surface area contributed by atoms with Crippen LogP contribution in [0.25, 0.3) is 4.96 Å². The van der Waals surface area contributed by atoms with E-state index in [0.29, 0.717) is 13.0 Å². The van der Waals surface area contributed by atoms with Crippen LogP contribution in [0.1, 0.15) is 16.1 Å². The van der Waals surface area contributed by atoms with E-state index in [1.54, 1.807) is 0 Å². The van der Waals surface area contributed by atoms with E-state index >= 15 is 0 Å². The minimum atomic E-state index is -1.03. The Hall–Kier alpha value is -2.28. The molecule has 0 spiro atoms. The molecule has 3 aromatic rings. The highest BCUT2D eigenvalue weighted by atomic mass is 32.1. The topological polar surface area (TPSA) is 46.4 Å². The molecule has 3 rings (SSSR count). The molecule has 1 aromatic carbocycles. The summed E-state index contributed by atoms with van der Waals surface area (Å²) in [7, 11) is 0. The van der Waals surface area contributed by atoms with Gasteiger partial charge in [-0.2, -0.15) is 0 Å². The number of aromatic nitrogens is 2. The molecule has 7 heteroatoms. The lowest BCUT2D eigenvalue weighted by molar-refractivity contribution is 0.0953. The number of carbonyl (C=O) groups excluding carboxylic acids is 1. The van der Waals surface area contributed by atoms with Crippen LogP contribution >= 0.6 is 11.3 Å². The Morgan fingerprint density at radius 2 is 2.19 bits per heavy atom. The van der Waals surface area contributed by atoms with Gasteiger partial charge in [0.25, 0.3) is 5.91 Å². The van der Waals surface area contributed by atoms with Crippen molar-refractivity contribution in [1.29, 1.82) is 0 Å². The van der Waals surface area contributed by atoms with Crippen LogP contribution in [0.15, 0.2) is 36.0 Å². The Morgan fingerprint density at radius 3 is 2.95 bits per heavy atom. The zero-order valence-electron chi connectivity index (χ0n) is 10.8. The number of nitrogens with one attached hydrogen (secondary N) is 1. The smallest absolute Gasteiger partial charge is 0.251 e. The minimum absolute atomic E-state index is 0.0970. The predicted molar refractivity (Wildman–Crippen MR) is 75.5 cm³/mol. The molecule has 0 saturated heterocycles. The van der Waals surface area contributed by atoms with Crippen LogP contribution in [-0.2, 0) is 6.42 Å². The number of thiazole rings is 1. The lowest BCUT2D eigenvalue weighted by atomic mass is 10.2. The summed E-state index contributed by atoms with van der Waals surface area (Å²) >= 11 is 1.54. The maximum atomic E-state index is 13.0. The van der Waals surface area contributed by atoms with Gasteiger partial charge in [-0.05, 0) is 18.2 Å². The van der Waals surface area contributed by atoms with Crippen molar-refractivity contribution in [2.75, 3.05) is 6.54 Å². The minimum Gasteiger partial charge on any atom is -0.352 e. The Bertz CT molecular complexity index is 768. The molecule has 0 bridgehead atoms. The van der Waals surface area contributed by atoms with Gasteiger partial charge in [-0.1, -0.05) is 0 Å². The van der Waals surface area contributed by atoms with Crippen LogP contribution < -0.4 is 5.32 Å². The molecule has 0 saturated carbocycles. The number of halogens is 2. The number of benzene rings is 1. The predicted octanol–water partition coefficient (Wildman–Crippen LogP) is 2.65. The maximum Gasteiger partial charge on any atom is 0.251 e. The average molecular weight is 307 g/mol. The largest absolute Gasteiger partial charge is 0.352 e. The zero-order valence-corrected chi connectivity index (χ0v) is 11.7. The molecule has 0 aliphatic heterocycles. The van der Waals surface area contributed by atoms with Crippen molar-refractivity contribution in [2.24, 2.45) is 0 Å². The van der Waals surface area contributed by atoms with Gasteiger partial charge in [0, 0.05) is 36.3 Å². The van der Waals surface area contributed by atoms with E-state index in [-0.39, 0.29) is 5.56 Å². The van der Waals surface area contributed by atoms with E-state index in [9.17, 15) is 13.6 Å². The number of fused-ring (bicyclic) bond motifs is 1. The second-order valence-corrected chi connectivity index (χ2v) is 5.33. The summed E-state index contributed by atoms with van der Waals surface area (Å²) < 4.78 is 27.7. The summed E-state index contributed by atoms with van der Waals surface area (Å²) in [4.78, 5) is 17.1. The van der Waals surface area contributed by atoms with Crippen molar-refractivity contribution in [3.63, 3.8) is 0 Å². The van der Waals surface area contributed by atoms with Gasteiger partial charge >= 0.3 is 0 Å². The fraction of sp³-hybridized carbons (Fsp3) is 0.143. The van der Waals surface area contributed by atoms with Crippen molar-refractivity contribution in [3.05, 3.63) is 58.9 Å². The summed E-state index contributed by atoms with van der Waals surface area (Å²) in [5, 5.41) is 4.60. The van der Waals surface area contributed by atoms with Crippen LogP contribution in [0.3, 0.4) is 0 Å². The fourth-order valence-corrected chi connectivity index (χ4v) is 2.66. The van der Waals surface area contributed by atoms with E-state index in [1.165, 1.54) is 17.4 Å². The molecule has 0 radical (unpaired) electrons. The van der Waals surface area contributed by atoms with Gasteiger partial charge in [-0.25, -0.2) is 13.8 Å². The third kappa shape index (κ3) is 2.92. The number of nitrogens with zero attached hydrogens (tertiary/aromatic N) is 2. The van der Waals surface area contributed by atoms with Crippen molar-refractivity contribution in [2.45, 2.75) is 6.42 Å². The quantitative estimate of drug-likeness (QED) is 0.805. The Labute approximate surface area is 123 Å². The molecule has 0 atom stereocenters.